The molecule has 2 amide bonds. The molecule has 8 heteroatoms. The summed E-state index contributed by atoms with van der Waals surface area (Å²) >= 11 is 0. The summed E-state index contributed by atoms with van der Waals surface area (Å²) in [6.07, 6.45) is 6.28. The van der Waals surface area contributed by atoms with Gasteiger partial charge in [0.2, 0.25) is 11.8 Å². The monoisotopic (exact) mass is 372 g/mol. The zero-order valence-electron chi connectivity index (χ0n) is 16.1. The average molecular weight is 372 g/mol. The maximum atomic E-state index is 12.4. The summed E-state index contributed by atoms with van der Waals surface area (Å²) in [5.74, 6) is 1.08. The van der Waals surface area contributed by atoms with Crippen LogP contribution in [0.2, 0.25) is 0 Å². The minimum Gasteiger partial charge on any atom is -0.343 e. The van der Waals surface area contributed by atoms with E-state index in [4.69, 9.17) is 0 Å². The fourth-order valence-corrected chi connectivity index (χ4v) is 3.44. The van der Waals surface area contributed by atoms with Crippen LogP contribution < -0.4 is 5.32 Å². The standard InChI is InChI=1S/C19H28N6O2/c1-3-24-12-7-17(22-24)21-18(26)14-16-5-10-23(11-6-16)19(27)8-13-25-15(2)4-9-20-25/h4,7,9,12,16H,3,5-6,8,10-11,13-14H2,1-2H3,(H,21,22,26). The molecule has 0 saturated carbocycles. The van der Waals surface area contributed by atoms with Gasteiger partial charge in [0.05, 0.1) is 0 Å². The molecule has 0 unspecified atom stereocenters. The quantitative estimate of drug-likeness (QED) is 0.806. The fourth-order valence-electron chi connectivity index (χ4n) is 3.44. The molecule has 1 aliphatic rings. The van der Waals surface area contributed by atoms with E-state index >= 15 is 0 Å². The molecule has 1 N–H and O–H groups in total. The van der Waals surface area contributed by atoms with Crippen LogP contribution in [0.1, 0.15) is 38.3 Å². The van der Waals surface area contributed by atoms with Crippen LogP contribution in [-0.2, 0) is 22.7 Å². The van der Waals surface area contributed by atoms with Gasteiger partial charge in [-0.2, -0.15) is 10.2 Å². The Balaban J connectivity index is 1.38. The molecule has 0 spiro atoms. The average Bonchev–Trinajstić information content (AvgIpc) is 3.28. The number of hydrogen-bond acceptors (Lipinski definition) is 4. The van der Waals surface area contributed by atoms with Crippen LogP contribution >= 0.6 is 0 Å². The van der Waals surface area contributed by atoms with Crippen molar-refractivity contribution in [2.45, 2.75) is 52.6 Å². The molecule has 2 aromatic rings. The van der Waals surface area contributed by atoms with Crippen molar-refractivity contribution in [3.8, 4) is 0 Å². The highest BCUT2D eigenvalue weighted by Gasteiger charge is 2.24. The van der Waals surface area contributed by atoms with Crippen molar-refractivity contribution in [2.24, 2.45) is 5.92 Å². The first kappa shape index (κ1) is 19.1. The Kier molecular flexibility index (Phi) is 6.26. The third kappa shape index (κ3) is 5.18. The van der Waals surface area contributed by atoms with Crippen molar-refractivity contribution in [1.29, 1.82) is 0 Å². The minimum absolute atomic E-state index is 0.00436. The first-order valence-corrected chi connectivity index (χ1v) is 9.64. The Bertz CT molecular complexity index is 773. The highest BCUT2D eigenvalue weighted by atomic mass is 16.2. The summed E-state index contributed by atoms with van der Waals surface area (Å²) in [7, 11) is 0. The number of carbonyl (C=O) groups excluding carboxylic acids is 2. The number of anilines is 1. The van der Waals surface area contributed by atoms with Gasteiger partial charge in [-0.05, 0) is 38.7 Å². The van der Waals surface area contributed by atoms with Gasteiger partial charge in [-0.25, -0.2) is 0 Å². The van der Waals surface area contributed by atoms with Crippen LogP contribution in [0.25, 0.3) is 0 Å². The van der Waals surface area contributed by atoms with Gasteiger partial charge in [0.25, 0.3) is 0 Å². The van der Waals surface area contributed by atoms with E-state index in [1.54, 1.807) is 10.9 Å². The first-order valence-electron chi connectivity index (χ1n) is 9.64. The van der Waals surface area contributed by atoms with Gasteiger partial charge in [-0.1, -0.05) is 0 Å². The molecule has 146 valence electrons. The van der Waals surface area contributed by atoms with Gasteiger partial charge in [0.1, 0.15) is 0 Å². The third-order valence-corrected chi connectivity index (χ3v) is 5.14. The number of nitrogens with one attached hydrogen (secondary N) is 1. The van der Waals surface area contributed by atoms with E-state index in [9.17, 15) is 9.59 Å². The van der Waals surface area contributed by atoms with E-state index in [1.165, 1.54) is 0 Å². The molecule has 0 aromatic carbocycles. The molecule has 3 heterocycles. The van der Waals surface area contributed by atoms with Crippen molar-refractivity contribution >= 4 is 17.6 Å². The van der Waals surface area contributed by atoms with Crippen molar-refractivity contribution in [2.75, 3.05) is 18.4 Å². The summed E-state index contributed by atoms with van der Waals surface area (Å²) < 4.78 is 3.64. The maximum absolute atomic E-state index is 12.4. The summed E-state index contributed by atoms with van der Waals surface area (Å²) in [4.78, 5) is 26.5. The van der Waals surface area contributed by atoms with Crippen molar-refractivity contribution in [3.63, 3.8) is 0 Å². The highest BCUT2D eigenvalue weighted by molar-refractivity contribution is 5.89. The fraction of sp³-hybridized carbons (Fsp3) is 0.579. The van der Waals surface area contributed by atoms with Crippen molar-refractivity contribution < 1.29 is 9.59 Å². The number of carbonyl (C=O) groups is 2. The topological polar surface area (TPSA) is 85.0 Å². The molecule has 2 aromatic heterocycles. The van der Waals surface area contributed by atoms with E-state index in [-0.39, 0.29) is 11.8 Å². The molecule has 27 heavy (non-hydrogen) atoms. The zero-order valence-corrected chi connectivity index (χ0v) is 16.1. The Morgan fingerprint density at radius 3 is 2.67 bits per heavy atom. The number of likely N-dealkylation sites (tertiary alicyclic amines) is 1. The van der Waals surface area contributed by atoms with E-state index in [2.05, 4.69) is 15.5 Å². The lowest BCUT2D eigenvalue weighted by molar-refractivity contribution is -0.132. The Morgan fingerprint density at radius 1 is 1.26 bits per heavy atom. The number of aromatic nitrogens is 4. The molecule has 0 aliphatic carbocycles. The van der Waals surface area contributed by atoms with Gasteiger partial charge in [-0.15, -0.1) is 0 Å². The summed E-state index contributed by atoms with van der Waals surface area (Å²) in [5, 5.41) is 11.3. The predicted octanol–water partition coefficient (Wildman–Crippen LogP) is 2.07. The second kappa shape index (κ2) is 8.83. The molecule has 0 bridgehead atoms. The van der Waals surface area contributed by atoms with Crippen LogP contribution in [0.5, 0.6) is 0 Å². The molecule has 1 fully saturated rings. The van der Waals surface area contributed by atoms with E-state index in [0.717, 1.165) is 38.2 Å². The number of hydrogen-bond donors (Lipinski definition) is 1. The van der Waals surface area contributed by atoms with Gasteiger partial charge in [0.15, 0.2) is 5.82 Å². The van der Waals surface area contributed by atoms with E-state index < -0.39 is 0 Å². The van der Waals surface area contributed by atoms with E-state index in [0.29, 0.717) is 31.1 Å². The molecule has 0 radical (unpaired) electrons. The third-order valence-electron chi connectivity index (χ3n) is 5.14. The molecule has 0 atom stereocenters. The molecule has 1 saturated heterocycles. The van der Waals surface area contributed by atoms with Crippen LogP contribution in [0.3, 0.4) is 0 Å². The second-order valence-corrected chi connectivity index (χ2v) is 7.08. The Hall–Kier alpha value is -2.64. The lowest BCUT2D eigenvalue weighted by Crippen LogP contribution is -2.39. The summed E-state index contributed by atoms with van der Waals surface area (Å²) in [5.41, 5.74) is 1.07. The highest BCUT2D eigenvalue weighted by Crippen LogP contribution is 2.21. The SMILES string of the molecule is CCn1ccc(NC(=O)CC2CCN(C(=O)CCn3nccc3C)CC2)n1. The summed E-state index contributed by atoms with van der Waals surface area (Å²) in [6, 6.07) is 3.75. The predicted molar refractivity (Wildman–Crippen MR) is 102 cm³/mol. The smallest absolute Gasteiger partial charge is 0.225 e. The Morgan fingerprint density at radius 2 is 2.04 bits per heavy atom. The van der Waals surface area contributed by atoms with E-state index in [1.807, 2.05) is 41.8 Å². The van der Waals surface area contributed by atoms with Crippen LogP contribution in [0.15, 0.2) is 24.5 Å². The van der Waals surface area contributed by atoms with Gasteiger partial charge in [0, 0.05) is 63.2 Å². The van der Waals surface area contributed by atoms with Gasteiger partial charge in [-0.3, -0.25) is 19.0 Å². The Labute approximate surface area is 159 Å². The van der Waals surface area contributed by atoms with Crippen molar-refractivity contribution in [3.05, 3.63) is 30.2 Å². The number of piperidine rings is 1. The zero-order chi connectivity index (χ0) is 19.2. The molecule has 3 rings (SSSR count). The normalized spacial score (nSPS) is 15.1. The van der Waals surface area contributed by atoms with Crippen molar-refractivity contribution in [1.82, 2.24) is 24.5 Å². The number of amides is 2. The minimum atomic E-state index is -0.00436. The number of rotatable bonds is 7. The molecule has 1 aliphatic heterocycles. The lowest BCUT2D eigenvalue weighted by atomic mass is 9.93. The maximum Gasteiger partial charge on any atom is 0.225 e. The van der Waals surface area contributed by atoms with Crippen LogP contribution in [-0.4, -0.2) is 49.4 Å². The molecular weight excluding hydrogens is 344 g/mol. The van der Waals surface area contributed by atoms with Gasteiger partial charge < -0.3 is 10.2 Å². The largest absolute Gasteiger partial charge is 0.343 e. The molecular formula is C19H28N6O2. The van der Waals surface area contributed by atoms with Crippen LogP contribution in [0.4, 0.5) is 5.82 Å². The van der Waals surface area contributed by atoms with Crippen LogP contribution in [0, 0.1) is 12.8 Å². The number of nitrogens with zero attached hydrogens (tertiary/aromatic N) is 5. The molecule has 8 nitrogen and oxygen atoms in total. The lowest BCUT2D eigenvalue weighted by Gasteiger charge is -2.31. The summed E-state index contributed by atoms with van der Waals surface area (Å²) in [6.45, 7) is 6.83. The second-order valence-electron chi connectivity index (χ2n) is 7.08. The first-order chi connectivity index (χ1) is 13.0. The number of aryl methyl sites for hydroxylation is 3. The van der Waals surface area contributed by atoms with Gasteiger partial charge >= 0.3 is 0 Å².